The topological polar surface area (TPSA) is 96.7 Å². The molecule has 6 heteroatoms. The molecule has 1 amide bonds. The molecule has 20 heavy (non-hydrogen) atoms. The highest BCUT2D eigenvalue weighted by molar-refractivity contribution is 5.92. The third-order valence-corrected chi connectivity index (χ3v) is 2.62. The molecule has 0 saturated carbocycles. The van der Waals surface area contributed by atoms with Crippen LogP contribution in [0.15, 0.2) is 24.3 Å². The van der Waals surface area contributed by atoms with Gasteiger partial charge in [-0.15, -0.1) is 0 Å². The van der Waals surface area contributed by atoms with Crippen molar-refractivity contribution in [1.29, 1.82) is 0 Å². The van der Waals surface area contributed by atoms with Crippen LogP contribution in [0.25, 0.3) is 11.4 Å². The van der Waals surface area contributed by atoms with Gasteiger partial charge in [0.15, 0.2) is 5.82 Å². The molecule has 0 bridgehead atoms. The lowest BCUT2D eigenvalue weighted by molar-refractivity contribution is -0.117. The summed E-state index contributed by atoms with van der Waals surface area (Å²) in [6, 6.07) is 7.41. The van der Waals surface area contributed by atoms with Crippen LogP contribution in [-0.2, 0) is 4.79 Å². The molecule has 0 radical (unpaired) electrons. The van der Waals surface area contributed by atoms with Crippen molar-refractivity contribution in [1.82, 2.24) is 15.2 Å². The Morgan fingerprint density at radius 3 is 2.80 bits per heavy atom. The Labute approximate surface area is 117 Å². The number of benzene rings is 1. The normalized spacial score (nSPS) is 11.4. The molecule has 1 aromatic heterocycles. The Balaban J connectivity index is 2.12. The molecular weight excluding hydrogens is 254 g/mol. The Hall–Kier alpha value is -2.21. The van der Waals surface area contributed by atoms with Crippen molar-refractivity contribution >= 4 is 11.6 Å². The zero-order valence-electron chi connectivity index (χ0n) is 11.9. The van der Waals surface area contributed by atoms with Gasteiger partial charge in [-0.25, -0.2) is 4.98 Å². The number of nitrogens with one attached hydrogen (secondary N) is 2. The minimum absolute atomic E-state index is 0.110. The van der Waals surface area contributed by atoms with Crippen molar-refractivity contribution < 1.29 is 4.79 Å². The number of H-pyrrole nitrogens is 1. The van der Waals surface area contributed by atoms with Gasteiger partial charge in [-0.2, -0.15) is 5.10 Å². The molecule has 0 spiro atoms. The Bertz CT molecular complexity index is 612. The summed E-state index contributed by atoms with van der Waals surface area (Å²) in [7, 11) is 0. The van der Waals surface area contributed by atoms with E-state index in [4.69, 9.17) is 5.73 Å². The molecule has 2 rings (SSSR count). The molecule has 4 N–H and O–H groups in total. The molecule has 0 fully saturated rings. The molecule has 0 aliphatic rings. The molecule has 106 valence electrons. The second kappa shape index (κ2) is 5.42. The van der Waals surface area contributed by atoms with Gasteiger partial charge >= 0.3 is 0 Å². The van der Waals surface area contributed by atoms with Crippen LogP contribution in [0.5, 0.6) is 0 Å². The zero-order chi connectivity index (χ0) is 14.8. The minimum atomic E-state index is -0.525. The van der Waals surface area contributed by atoms with Crippen molar-refractivity contribution in [2.24, 2.45) is 5.73 Å². The first kappa shape index (κ1) is 14.2. The maximum Gasteiger partial charge on any atom is 0.226 e. The fourth-order valence-corrected chi connectivity index (χ4v) is 1.83. The molecule has 6 nitrogen and oxygen atoms in total. The van der Waals surface area contributed by atoms with E-state index in [2.05, 4.69) is 20.5 Å². The molecule has 0 aliphatic carbocycles. The smallest absolute Gasteiger partial charge is 0.226 e. The summed E-state index contributed by atoms with van der Waals surface area (Å²) in [6.45, 7) is 5.48. The number of hydrogen-bond donors (Lipinski definition) is 3. The lowest BCUT2D eigenvalue weighted by Gasteiger charge is -2.17. The fraction of sp³-hybridized carbons (Fsp3) is 0.357. The van der Waals surface area contributed by atoms with Gasteiger partial charge in [-0.1, -0.05) is 12.1 Å². The van der Waals surface area contributed by atoms with E-state index in [0.717, 1.165) is 11.4 Å². The number of amides is 1. The molecule has 0 atom stereocenters. The second-order valence-corrected chi connectivity index (χ2v) is 5.54. The Morgan fingerprint density at radius 1 is 1.45 bits per heavy atom. The van der Waals surface area contributed by atoms with Crippen LogP contribution in [0.4, 0.5) is 5.69 Å². The van der Waals surface area contributed by atoms with Gasteiger partial charge < -0.3 is 11.1 Å². The van der Waals surface area contributed by atoms with Gasteiger partial charge in [-0.3, -0.25) is 9.89 Å². The first-order valence-electron chi connectivity index (χ1n) is 6.42. The average Bonchev–Trinajstić information content (AvgIpc) is 2.73. The van der Waals surface area contributed by atoms with E-state index in [1.807, 2.05) is 45.0 Å². The monoisotopic (exact) mass is 273 g/mol. The number of anilines is 1. The number of rotatable bonds is 4. The first-order chi connectivity index (χ1) is 9.33. The standard InChI is InChI=1S/C14H19N5O/c1-9-16-13(19-18-9)10-5-4-6-11(7-10)17-12(20)8-14(2,3)15/h4-7H,8,15H2,1-3H3,(H,17,20)(H,16,18,19). The number of aromatic amines is 1. The van der Waals surface area contributed by atoms with E-state index < -0.39 is 5.54 Å². The number of nitrogens with two attached hydrogens (primary N) is 1. The highest BCUT2D eigenvalue weighted by Gasteiger charge is 2.16. The van der Waals surface area contributed by atoms with Crippen LogP contribution in [0, 0.1) is 6.92 Å². The Morgan fingerprint density at radius 2 is 2.20 bits per heavy atom. The maximum absolute atomic E-state index is 11.9. The third-order valence-electron chi connectivity index (χ3n) is 2.62. The first-order valence-corrected chi connectivity index (χ1v) is 6.42. The molecule has 0 aliphatic heterocycles. The SMILES string of the molecule is Cc1nc(-c2cccc(NC(=O)CC(C)(C)N)c2)n[nH]1. The molecular formula is C14H19N5O. The number of aromatic nitrogens is 3. The van der Waals surface area contributed by atoms with E-state index in [-0.39, 0.29) is 12.3 Å². The van der Waals surface area contributed by atoms with Gasteiger partial charge in [-0.05, 0) is 32.9 Å². The Kier molecular flexibility index (Phi) is 3.85. The fourth-order valence-electron chi connectivity index (χ4n) is 1.83. The molecule has 1 aromatic carbocycles. The summed E-state index contributed by atoms with van der Waals surface area (Å²) in [5, 5.41) is 9.72. The van der Waals surface area contributed by atoms with Crippen LogP contribution < -0.4 is 11.1 Å². The summed E-state index contributed by atoms with van der Waals surface area (Å²) >= 11 is 0. The predicted octanol–water partition coefficient (Wildman–Crippen LogP) is 1.85. The van der Waals surface area contributed by atoms with Crippen molar-refractivity contribution in [2.45, 2.75) is 32.7 Å². The van der Waals surface area contributed by atoms with Gasteiger partial charge in [0.1, 0.15) is 5.82 Å². The molecule has 0 saturated heterocycles. The summed E-state index contributed by atoms with van der Waals surface area (Å²) in [5.41, 5.74) is 6.86. The van der Waals surface area contributed by atoms with Crippen molar-refractivity contribution in [3.05, 3.63) is 30.1 Å². The van der Waals surface area contributed by atoms with Crippen LogP contribution in [0.1, 0.15) is 26.1 Å². The largest absolute Gasteiger partial charge is 0.326 e. The number of carbonyl (C=O) groups is 1. The summed E-state index contributed by atoms with van der Waals surface area (Å²) in [6.07, 6.45) is 0.261. The van der Waals surface area contributed by atoms with E-state index >= 15 is 0 Å². The maximum atomic E-state index is 11.9. The average molecular weight is 273 g/mol. The minimum Gasteiger partial charge on any atom is -0.326 e. The lowest BCUT2D eigenvalue weighted by atomic mass is 10.0. The van der Waals surface area contributed by atoms with E-state index in [1.165, 1.54) is 0 Å². The predicted molar refractivity (Wildman–Crippen MR) is 78.1 cm³/mol. The zero-order valence-corrected chi connectivity index (χ0v) is 11.9. The lowest BCUT2D eigenvalue weighted by Crippen LogP contribution is -2.36. The van der Waals surface area contributed by atoms with Crippen molar-refractivity contribution in [3.8, 4) is 11.4 Å². The number of nitrogens with zero attached hydrogens (tertiary/aromatic N) is 2. The van der Waals surface area contributed by atoms with Gasteiger partial charge in [0.25, 0.3) is 0 Å². The number of carbonyl (C=O) groups excluding carboxylic acids is 1. The van der Waals surface area contributed by atoms with Gasteiger partial charge in [0, 0.05) is 23.2 Å². The van der Waals surface area contributed by atoms with Crippen LogP contribution >= 0.6 is 0 Å². The van der Waals surface area contributed by atoms with Crippen LogP contribution in [0.3, 0.4) is 0 Å². The number of hydrogen-bond acceptors (Lipinski definition) is 4. The van der Waals surface area contributed by atoms with E-state index in [1.54, 1.807) is 0 Å². The molecule has 0 unspecified atom stereocenters. The van der Waals surface area contributed by atoms with Crippen molar-refractivity contribution in [2.75, 3.05) is 5.32 Å². The quantitative estimate of drug-likeness (QED) is 0.792. The molecule has 2 aromatic rings. The summed E-state index contributed by atoms with van der Waals surface area (Å²) in [5.74, 6) is 1.25. The molecule has 1 heterocycles. The van der Waals surface area contributed by atoms with Gasteiger partial charge in [0.2, 0.25) is 5.91 Å². The van der Waals surface area contributed by atoms with Crippen molar-refractivity contribution in [3.63, 3.8) is 0 Å². The third kappa shape index (κ3) is 3.89. The van der Waals surface area contributed by atoms with Gasteiger partial charge in [0.05, 0.1) is 0 Å². The summed E-state index contributed by atoms with van der Waals surface area (Å²) < 4.78 is 0. The summed E-state index contributed by atoms with van der Waals surface area (Å²) in [4.78, 5) is 16.1. The van der Waals surface area contributed by atoms with E-state index in [0.29, 0.717) is 11.5 Å². The number of aryl methyl sites for hydroxylation is 1. The second-order valence-electron chi connectivity index (χ2n) is 5.54. The van der Waals surface area contributed by atoms with Crippen LogP contribution in [0.2, 0.25) is 0 Å². The highest BCUT2D eigenvalue weighted by atomic mass is 16.1. The van der Waals surface area contributed by atoms with Crippen LogP contribution in [-0.4, -0.2) is 26.6 Å². The highest BCUT2D eigenvalue weighted by Crippen LogP contribution is 2.19. The van der Waals surface area contributed by atoms with E-state index in [9.17, 15) is 4.79 Å².